The summed E-state index contributed by atoms with van der Waals surface area (Å²) in [6.07, 6.45) is 4.09. The van der Waals surface area contributed by atoms with Crippen LogP contribution >= 0.6 is 0 Å². The van der Waals surface area contributed by atoms with Crippen LogP contribution < -0.4 is 0 Å². The maximum absolute atomic E-state index is 10.4. The Morgan fingerprint density at radius 2 is 2.33 bits per heavy atom. The molecule has 1 aliphatic carbocycles. The SMILES string of the molecule is CC1=CC(C)CC(C(O)CCC(=O)O)C1. The number of allylic oxidation sites excluding steroid dienone is 2. The van der Waals surface area contributed by atoms with Crippen molar-refractivity contribution in [1.29, 1.82) is 0 Å². The van der Waals surface area contributed by atoms with Gasteiger partial charge in [0.05, 0.1) is 6.10 Å². The van der Waals surface area contributed by atoms with E-state index in [0.717, 1.165) is 12.8 Å². The van der Waals surface area contributed by atoms with Crippen molar-refractivity contribution >= 4 is 5.97 Å². The Morgan fingerprint density at radius 3 is 2.87 bits per heavy atom. The zero-order valence-corrected chi connectivity index (χ0v) is 9.44. The summed E-state index contributed by atoms with van der Waals surface area (Å²) in [4.78, 5) is 10.4. The third-order valence-electron chi connectivity index (χ3n) is 3.03. The van der Waals surface area contributed by atoms with Gasteiger partial charge in [0.25, 0.3) is 0 Å². The summed E-state index contributed by atoms with van der Waals surface area (Å²) < 4.78 is 0. The Labute approximate surface area is 90.8 Å². The molecule has 3 nitrogen and oxygen atoms in total. The summed E-state index contributed by atoms with van der Waals surface area (Å²) in [6.45, 7) is 4.21. The highest BCUT2D eigenvalue weighted by Gasteiger charge is 2.24. The summed E-state index contributed by atoms with van der Waals surface area (Å²) in [7, 11) is 0. The first-order chi connectivity index (χ1) is 6.99. The van der Waals surface area contributed by atoms with Gasteiger partial charge in [-0.05, 0) is 38.0 Å². The third-order valence-corrected chi connectivity index (χ3v) is 3.03. The molecule has 2 N–H and O–H groups in total. The molecule has 1 rings (SSSR count). The summed E-state index contributed by atoms with van der Waals surface area (Å²) in [6, 6.07) is 0. The van der Waals surface area contributed by atoms with E-state index in [2.05, 4.69) is 19.9 Å². The van der Waals surface area contributed by atoms with Gasteiger partial charge in [0.15, 0.2) is 0 Å². The van der Waals surface area contributed by atoms with E-state index in [4.69, 9.17) is 5.11 Å². The number of hydrogen-bond acceptors (Lipinski definition) is 2. The van der Waals surface area contributed by atoms with Crippen molar-refractivity contribution in [3.8, 4) is 0 Å². The minimum atomic E-state index is -0.829. The van der Waals surface area contributed by atoms with Crippen LogP contribution in [0.5, 0.6) is 0 Å². The maximum atomic E-state index is 10.4. The molecule has 0 aromatic heterocycles. The molecule has 0 aliphatic heterocycles. The van der Waals surface area contributed by atoms with E-state index < -0.39 is 12.1 Å². The van der Waals surface area contributed by atoms with Crippen molar-refractivity contribution in [3.05, 3.63) is 11.6 Å². The molecule has 86 valence electrons. The van der Waals surface area contributed by atoms with Crippen LogP contribution in [0.4, 0.5) is 0 Å². The average molecular weight is 212 g/mol. The molecule has 0 fully saturated rings. The van der Waals surface area contributed by atoms with Gasteiger partial charge in [-0.1, -0.05) is 18.6 Å². The molecular formula is C12H20O3. The van der Waals surface area contributed by atoms with Gasteiger partial charge in [0.2, 0.25) is 0 Å². The molecule has 0 bridgehead atoms. The zero-order chi connectivity index (χ0) is 11.4. The van der Waals surface area contributed by atoms with Crippen molar-refractivity contribution < 1.29 is 15.0 Å². The van der Waals surface area contributed by atoms with E-state index in [1.807, 2.05) is 0 Å². The first-order valence-electron chi connectivity index (χ1n) is 5.56. The van der Waals surface area contributed by atoms with E-state index in [9.17, 15) is 9.90 Å². The number of rotatable bonds is 4. The van der Waals surface area contributed by atoms with E-state index >= 15 is 0 Å². The van der Waals surface area contributed by atoms with E-state index in [-0.39, 0.29) is 12.3 Å². The van der Waals surface area contributed by atoms with Gasteiger partial charge < -0.3 is 10.2 Å². The Balaban J connectivity index is 2.43. The van der Waals surface area contributed by atoms with Crippen molar-refractivity contribution in [2.45, 2.75) is 45.6 Å². The lowest BCUT2D eigenvalue weighted by molar-refractivity contribution is -0.137. The predicted octanol–water partition coefficient (Wildman–Crippen LogP) is 2.20. The summed E-state index contributed by atoms with van der Waals surface area (Å²) in [5.41, 5.74) is 1.31. The monoisotopic (exact) mass is 212 g/mol. The Bertz CT molecular complexity index is 258. The van der Waals surface area contributed by atoms with Crippen LogP contribution in [-0.4, -0.2) is 22.3 Å². The van der Waals surface area contributed by atoms with Crippen molar-refractivity contribution in [3.63, 3.8) is 0 Å². The van der Waals surface area contributed by atoms with Crippen LogP contribution in [0.15, 0.2) is 11.6 Å². The van der Waals surface area contributed by atoms with E-state index in [1.165, 1.54) is 5.57 Å². The van der Waals surface area contributed by atoms with Gasteiger partial charge in [-0.25, -0.2) is 0 Å². The standard InChI is InChI=1S/C12H20O3/c1-8-5-9(2)7-10(6-8)11(13)3-4-12(14)15/h5,8,10-11,13H,3-4,6-7H2,1-2H3,(H,14,15). The topological polar surface area (TPSA) is 57.5 Å². The van der Waals surface area contributed by atoms with Crippen LogP contribution in [-0.2, 0) is 4.79 Å². The molecule has 0 amide bonds. The lowest BCUT2D eigenvalue weighted by Crippen LogP contribution is -2.25. The summed E-state index contributed by atoms with van der Waals surface area (Å²) >= 11 is 0. The molecule has 0 aromatic rings. The smallest absolute Gasteiger partial charge is 0.303 e. The largest absolute Gasteiger partial charge is 0.481 e. The van der Waals surface area contributed by atoms with Gasteiger partial charge >= 0.3 is 5.97 Å². The van der Waals surface area contributed by atoms with E-state index in [0.29, 0.717) is 12.3 Å². The second kappa shape index (κ2) is 5.31. The molecule has 0 spiro atoms. The van der Waals surface area contributed by atoms with Crippen molar-refractivity contribution in [2.75, 3.05) is 0 Å². The minimum Gasteiger partial charge on any atom is -0.481 e. The second-order valence-corrected chi connectivity index (χ2v) is 4.69. The zero-order valence-electron chi connectivity index (χ0n) is 9.44. The highest BCUT2D eigenvalue weighted by molar-refractivity contribution is 5.66. The van der Waals surface area contributed by atoms with Gasteiger partial charge in [-0.2, -0.15) is 0 Å². The third kappa shape index (κ3) is 4.04. The number of carboxylic acid groups (broad SMARTS) is 1. The normalized spacial score (nSPS) is 28.3. The number of aliphatic carboxylic acids is 1. The van der Waals surface area contributed by atoms with E-state index in [1.54, 1.807) is 0 Å². The van der Waals surface area contributed by atoms with Crippen LogP contribution in [0.25, 0.3) is 0 Å². The second-order valence-electron chi connectivity index (χ2n) is 4.69. The molecule has 0 radical (unpaired) electrons. The van der Waals surface area contributed by atoms with Gasteiger partial charge in [0, 0.05) is 6.42 Å². The van der Waals surface area contributed by atoms with Crippen LogP contribution in [0.1, 0.15) is 39.5 Å². The molecule has 0 saturated heterocycles. The molecule has 0 heterocycles. The fourth-order valence-corrected chi connectivity index (χ4v) is 2.40. The van der Waals surface area contributed by atoms with Gasteiger partial charge in [0.1, 0.15) is 0 Å². The first-order valence-corrected chi connectivity index (χ1v) is 5.56. The highest BCUT2D eigenvalue weighted by Crippen LogP contribution is 2.31. The number of carbonyl (C=O) groups is 1. The Morgan fingerprint density at radius 1 is 1.67 bits per heavy atom. The quantitative estimate of drug-likeness (QED) is 0.702. The molecule has 0 aromatic carbocycles. The van der Waals surface area contributed by atoms with Crippen molar-refractivity contribution in [2.24, 2.45) is 11.8 Å². The molecule has 1 aliphatic rings. The first kappa shape index (κ1) is 12.2. The lowest BCUT2D eigenvalue weighted by Gasteiger charge is -2.29. The van der Waals surface area contributed by atoms with Crippen LogP contribution in [0.3, 0.4) is 0 Å². The predicted molar refractivity (Wildman–Crippen MR) is 58.5 cm³/mol. The molecule has 3 atom stereocenters. The lowest BCUT2D eigenvalue weighted by atomic mass is 9.79. The van der Waals surface area contributed by atoms with Gasteiger partial charge in [-0.15, -0.1) is 0 Å². The fraction of sp³-hybridized carbons (Fsp3) is 0.750. The number of carboxylic acids is 1. The molecule has 0 saturated carbocycles. The minimum absolute atomic E-state index is 0.0643. The maximum Gasteiger partial charge on any atom is 0.303 e. The number of aliphatic hydroxyl groups is 1. The Kier molecular flexibility index (Phi) is 4.33. The highest BCUT2D eigenvalue weighted by atomic mass is 16.4. The van der Waals surface area contributed by atoms with Crippen LogP contribution in [0.2, 0.25) is 0 Å². The Hall–Kier alpha value is -0.830. The molecule has 3 heteroatoms. The average Bonchev–Trinajstić information content (AvgIpc) is 2.12. The number of hydrogen-bond donors (Lipinski definition) is 2. The summed E-state index contributed by atoms with van der Waals surface area (Å²) in [5, 5.41) is 18.4. The molecule has 3 unspecified atom stereocenters. The summed E-state index contributed by atoms with van der Waals surface area (Å²) in [5.74, 6) is -0.0854. The fourth-order valence-electron chi connectivity index (χ4n) is 2.40. The molecular weight excluding hydrogens is 192 g/mol. The van der Waals surface area contributed by atoms with Crippen molar-refractivity contribution in [1.82, 2.24) is 0 Å². The number of aliphatic hydroxyl groups excluding tert-OH is 1. The van der Waals surface area contributed by atoms with Crippen LogP contribution in [0, 0.1) is 11.8 Å². The molecule has 15 heavy (non-hydrogen) atoms. The van der Waals surface area contributed by atoms with Gasteiger partial charge in [-0.3, -0.25) is 4.79 Å².